The molecule has 0 fully saturated rings. The maximum Gasteiger partial charge on any atom is 0.249 e. The Balaban J connectivity index is 2.24. The summed E-state index contributed by atoms with van der Waals surface area (Å²) in [5.41, 5.74) is 6.08. The number of amides is 1. The number of ether oxygens (including phenoxy) is 3. The lowest BCUT2D eigenvalue weighted by atomic mass is 9.97. The fraction of sp³-hybridized carbons (Fsp3) is 0.133. The predicted molar refractivity (Wildman–Crippen MR) is 73.0 cm³/mol. The molecule has 2 aromatic carbocycles. The SMILES string of the molecule is COc1ccc(F)c(-c2cc3c(cc2C(N)=O)OCO3)c1. The molecule has 6 heteroatoms. The smallest absolute Gasteiger partial charge is 0.249 e. The third kappa shape index (κ3) is 2.24. The van der Waals surface area contributed by atoms with Gasteiger partial charge in [-0.05, 0) is 30.3 Å². The van der Waals surface area contributed by atoms with Gasteiger partial charge >= 0.3 is 0 Å². The molecule has 2 N–H and O–H groups in total. The molecular weight excluding hydrogens is 277 g/mol. The summed E-state index contributed by atoms with van der Waals surface area (Å²) in [5.74, 6) is 0.162. The second kappa shape index (κ2) is 4.97. The summed E-state index contributed by atoms with van der Waals surface area (Å²) in [6.07, 6.45) is 0. The minimum absolute atomic E-state index is 0.0532. The van der Waals surface area contributed by atoms with Gasteiger partial charge in [-0.2, -0.15) is 0 Å². The van der Waals surface area contributed by atoms with Crippen molar-refractivity contribution >= 4 is 5.91 Å². The lowest BCUT2D eigenvalue weighted by molar-refractivity contribution is 0.100. The standard InChI is InChI=1S/C15H12FNO4/c1-19-8-2-3-12(16)10(4-8)9-5-13-14(21-7-20-13)6-11(9)15(17)18/h2-6H,7H2,1H3,(H2,17,18). The Morgan fingerprint density at radius 2 is 1.90 bits per heavy atom. The first-order valence-electron chi connectivity index (χ1n) is 6.17. The van der Waals surface area contributed by atoms with Crippen LogP contribution in [0.25, 0.3) is 11.1 Å². The Labute approximate surface area is 120 Å². The van der Waals surface area contributed by atoms with Crippen LogP contribution < -0.4 is 19.9 Å². The van der Waals surface area contributed by atoms with Crippen LogP contribution in [0.1, 0.15) is 10.4 Å². The van der Waals surface area contributed by atoms with Crippen molar-refractivity contribution in [2.75, 3.05) is 13.9 Å². The van der Waals surface area contributed by atoms with E-state index in [-0.39, 0.29) is 17.9 Å². The van der Waals surface area contributed by atoms with Crippen LogP contribution in [0.15, 0.2) is 30.3 Å². The van der Waals surface area contributed by atoms with Gasteiger partial charge in [-0.3, -0.25) is 4.79 Å². The largest absolute Gasteiger partial charge is 0.497 e. The van der Waals surface area contributed by atoms with Crippen LogP contribution in [0.2, 0.25) is 0 Å². The summed E-state index contributed by atoms with van der Waals surface area (Å²) in [5, 5.41) is 0. The van der Waals surface area contributed by atoms with Gasteiger partial charge in [0.05, 0.1) is 12.7 Å². The summed E-state index contributed by atoms with van der Waals surface area (Å²) in [7, 11) is 1.48. The molecule has 0 aromatic heterocycles. The molecule has 1 heterocycles. The topological polar surface area (TPSA) is 70.8 Å². The van der Waals surface area contributed by atoms with Crippen LogP contribution in [-0.2, 0) is 0 Å². The van der Waals surface area contributed by atoms with Crippen LogP contribution in [-0.4, -0.2) is 19.8 Å². The van der Waals surface area contributed by atoms with Crippen molar-refractivity contribution in [3.8, 4) is 28.4 Å². The van der Waals surface area contributed by atoms with Gasteiger partial charge in [0, 0.05) is 11.1 Å². The van der Waals surface area contributed by atoms with E-state index in [0.29, 0.717) is 22.8 Å². The highest BCUT2D eigenvalue weighted by Gasteiger charge is 2.22. The number of halogens is 1. The molecule has 0 saturated carbocycles. The van der Waals surface area contributed by atoms with Crippen LogP contribution >= 0.6 is 0 Å². The number of hydrogen-bond acceptors (Lipinski definition) is 4. The van der Waals surface area contributed by atoms with Gasteiger partial charge in [0.1, 0.15) is 11.6 Å². The maximum absolute atomic E-state index is 14.1. The Bertz CT molecular complexity index is 730. The van der Waals surface area contributed by atoms with E-state index in [1.165, 1.54) is 31.4 Å². The third-order valence-electron chi connectivity index (χ3n) is 3.24. The molecule has 1 aliphatic rings. The molecule has 0 bridgehead atoms. The lowest BCUT2D eigenvalue weighted by Crippen LogP contribution is -2.12. The quantitative estimate of drug-likeness (QED) is 0.941. The highest BCUT2D eigenvalue weighted by Crippen LogP contribution is 2.40. The molecule has 0 unspecified atom stereocenters. The van der Waals surface area contributed by atoms with Gasteiger partial charge in [-0.1, -0.05) is 0 Å². The number of hydrogen-bond donors (Lipinski definition) is 1. The van der Waals surface area contributed by atoms with E-state index in [0.717, 1.165) is 0 Å². The zero-order chi connectivity index (χ0) is 15.0. The molecule has 108 valence electrons. The maximum atomic E-state index is 14.1. The van der Waals surface area contributed by atoms with E-state index in [9.17, 15) is 9.18 Å². The normalized spacial score (nSPS) is 12.3. The molecule has 21 heavy (non-hydrogen) atoms. The molecule has 5 nitrogen and oxygen atoms in total. The molecule has 3 rings (SSSR count). The van der Waals surface area contributed by atoms with E-state index in [4.69, 9.17) is 19.9 Å². The number of rotatable bonds is 3. The molecular formula is C15H12FNO4. The zero-order valence-electron chi connectivity index (χ0n) is 11.2. The summed E-state index contributed by atoms with van der Waals surface area (Å²) in [6, 6.07) is 7.26. The fourth-order valence-corrected chi connectivity index (χ4v) is 2.21. The van der Waals surface area contributed by atoms with E-state index >= 15 is 0 Å². The number of nitrogens with two attached hydrogens (primary N) is 1. The average Bonchev–Trinajstić information content (AvgIpc) is 2.93. The Hall–Kier alpha value is -2.76. The molecule has 1 aliphatic heterocycles. The van der Waals surface area contributed by atoms with Crippen LogP contribution in [0.3, 0.4) is 0 Å². The highest BCUT2D eigenvalue weighted by atomic mass is 19.1. The first-order chi connectivity index (χ1) is 10.1. The van der Waals surface area contributed by atoms with Gasteiger partial charge in [0.15, 0.2) is 11.5 Å². The minimum Gasteiger partial charge on any atom is -0.497 e. The molecule has 2 aromatic rings. The fourth-order valence-electron chi connectivity index (χ4n) is 2.21. The van der Waals surface area contributed by atoms with Crippen molar-refractivity contribution in [2.45, 2.75) is 0 Å². The number of carbonyl (C=O) groups excluding carboxylic acids is 1. The van der Waals surface area contributed by atoms with Crippen molar-refractivity contribution in [2.24, 2.45) is 5.73 Å². The third-order valence-corrected chi connectivity index (χ3v) is 3.24. The lowest BCUT2D eigenvalue weighted by Gasteiger charge is -2.11. The van der Waals surface area contributed by atoms with E-state index in [1.807, 2.05) is 0 Å². The summed E-state index contributed by atoms with van der Waals surface area (Å²) in [4.78, 5) is 11.6. The number of fused-ring (bicyclic) bond motifs is 1. The van der Waals surface area contributed by atoms with Crippen LogP contribution in [0, 0.1) is 5.82 Å². The van der Waals surface area contributed by atoms with Crippen molar-refractivity contribution in [1.82, 2.24) is 0 Å². The second-order valence-corrected chi connectivity index (χ2v) is 4.46. The van der Waals surface area contributed by atoms with Crippen molar-refractivity contribution in [3.63, 3.8) is 0 Å². The van der Waals surface area contributed by atoms with Gasteiger partial charge < -0.3 is 19.9 Å². The summed E-state index contributed by atoms with van der Waals surface area (Å²) >= 11 is 0. The van der Waals surface area contributed by atoms with Gasteiger partial charge in [0.25, 0.3) is 0 Å². The molecule has 0 saturated heterocycles. The Morgan fingerprint density at radius 3 is 2.57 bits per heavy atom. The number of carbonyl (C=O) groups is 1. The van der Waals surface area contributed by atoms with E-state index < -0.39 is 11.7 Å². The van der Waals surface area contributed by atoms with Crippen molar-refractivity contribution < 1.29 is 23.4 Å². The monoisotopic (exact) mass is 289 g/mol. The molecule has 1 amide bonds. The summed E-state index contributed by atoms with van der Waals surface area (Å²) < 4.78 is 29.7. The van der Waals surface area contributed by atoms with Crippen molar-refractivity contribution in [3.05, 3.63) is 41.7 Å². The van der Waals surface area contributed by atoms with Gasteiger partial charge in [-0.25, -0.2) is 4.39 Å². The number of benzene rings is 2. The van der Waals surface area contributed by atoms with E-state index in [1.54, 1.807) is 6.07 Å². The van der Waals surface area contributed by atoms with Crippen molar-refractivity contribution in [1.29, 1.82) is 0 Å². The van der Waals surface area contributed by atoms with Crippen LogP contribution in [0.5, 0.6) is 17.2 Å². The zero-order valence-corrected chi connectivity index (χ0v) is 11.2. The highest BCUT2D eigenvalue weighted by molar-refractivity contribution is 6.01. The minimum atomic E-state index is -0.675. The second-order valence-electron chi connectivity index (χ2n) is 4.46. The Morgan fingerprint density at radius 1 is 1.19 bits per heavy atom. The Kier molecular flexibility index (Phi) is 3.13. The predicted octanol–water partition coefficient (Wildman–Crippen LogP) is 2.33. The first kappa shape index (κ1) is 13.2. The van der Waals surface area contributed by atoms with E-state index in [2.05, 4.69) is 0 Å². The molecule has 0 atom stereocenters. The summed E-state index contributed by atoms with van der Waals surface area (Å²) in [6.45, 7) is 0.0532. The molecule has 0 aliphatic carbocycles. The molecule has 0 spiro atoms. The van der Waals surface area contributed by atoms with Gasteiger partial charge in [0.2, 0.25) is 12.7 Å². The average molecular weight is 289 g/mol. The molecule has 0 radical (unpaired) electrons. The van der Waals surface area contributed by atoms with Crippen LogP contribution in [0.4, 0.5) is 4.39 Å². The van der Waals surface area contributed by atoms with Gasteiger partial charge in [-0.15, -0.1) is 0 Å². The number of primary amides is 1. The first-order valence-corrected chi connectivity index (χ1v) is 6.17. The number of methoxy groups -OCH3 is 1.